The van der Waals surface area contributed by atoms with Gasteiger partial charge in [-0.1, -0.05) is 30.3 Å². The molecule has 134 valence electrons. The highest BCUT2D eigenvalue weighted by Crippen LogP contribution is 2.32. The second-order valence-electron chi connectivity index (χ2n) is 7.05. The number of furan rings is 1. The Kier molecular flexibility index (Phi) is 5.29. The Morgan fingerprint density at radius 3 is 2.73 bits per heavy atom. The number of amides is 1. The van der Waals surface area contributed by atoms with Crippen molar-refractivity contribution in [2.75, 3.05) is 6.54 Å². The minimum atomic E-state index is 0.180. The van der Waals surface area contributed by atoms with E-state index in [-0.39, 0.29) is 5.91 Å². The number of hydrogen-bond acceptors (Lipinski definition) is 2. The first-order valence-electron chi connectivity index (χ1n) is 9.19. The lowest BCUT2D eigenvalue weighted by Crippen LogP contribution is -2.25. The Bertz CT molecular complexity index is 913. The van der Waals surface area contributed by atoms with Crippen LogP contribution in [0.15, 0.2) is 52.9 Å². The van der Waals surface area contributed by atoms with E-state index in [0.29, 0.717) is 18.9 Å². The van der Waals surface area contributed by atoms with Gasteiger partial charge in [0.25, 0.3) is 0 Å². The molecule has 0 spiro atoms. The van der Waals surface area contributed by atoms with Crippen LogP contribution < -0.4 is 5.32 Å². The van der Waals surface area contributed by atoms with Gasteiger partial charge in [-0.15, -0.1) is 0 Å². The maximum atomic E-state index is 12.0. The van der Waals surface area contributed by atoms with E-state index in [4.69, 9.17) is 4.42 Å². The van der Waals surface area contributed by atoms with Crippen molar-refractivity contribution in [3.63, 3.8) is 0 Å². The molecule has 0 unspecified atom stereocenters. The van der Waals surface area contributed by atoms with E-state index in [2.05, 4.69) is 64.3 Å². The Morgan fingerprint density at radius 1 is 1.15 bits per heavy atom. The van der Waals surface area contributed by atoms with E-state index >= 15 is 0 Å². The zero-order chi connectivity index (χ0) is 17.9. The fraction of sp³-hybridized carbons (Fsp3) is 0.318. The third-order valence-corrected chi connectivity index (χ3v) is 5.58. The number of rotatable bonds is 7. The monoisotopic (exact) mass is 459 g/mol. The van der Waals surface area contributed by atoms with Crippen molar-refractivity contribution >= 4 is 39.5 Å². The van der Waals surface area contributed by atoms with Crippen molar-refractivity contribution in [2.45, 2.75) is 32.1 Å². The van der Waals surface area contributed by atoms with Gasteiger partial charge in [0, 0.05) is 33.9 Å². The molecule has 1 amide bonds. The van der Waals surface area contributed by atoms with Gasteiger partial charge in [0.1, 0.15) is 11.3 Å². The number of nitrogens with one attached hydrogen (secondary N) is 1. The molecule has 3 nitrogen and oxygen atoms in total. The molecule has 1 N–H and O–H groups in total. The van der Waals surface area contributed by atoms with Crippen molar-refractivity contribution in [1.29, 1.82) is 0 Å². The minimum absolute atomic E-state index is 0.180. The molecule has 1 fully saturated rings. The molecular formula is C22H22INO2. The van der Waals surface area contributed by atoms with Crippen LogP contribution in [0.5, 0.6) is 0 Å². The quantitative estimate of drug-likeness (QED) is 0.501. The van der Waals surface area contributed by atoms with Crippen molar-refractivity contribution in [3.05, 3.63) is 69.0 Å². The van der Waals surface area contributed by atoms with Crippen molar-refractivity contribution in [1.82, 2.24) is 5.32 Å². The summed E-state index contributed by atoms with van der Waals surface area (Å²) in [4.78, 5) is 12.0. The molecule has 0 aliphatic heterocycles. The molecule has 3 aromatic rings. The van der Waals surface area contributed by atoms with Gasteiger partial charge in [0.2, 0.25) is 5.91 Å². The highest BCUT2D eigenvalue weighted by Gasteiger charge is 2.24. The molecular weight excluding hydrogens is 437 g/mol. The maximum Gasteiger partial charge on any atom is 0.220 e. The van der Waals surface area contributed by atoms with E-state index < -0.39 is 0 Å². The van der Waals surface area contributed by atoms with Gasteiger partial charge >= 0.3 is 0 Å². The van der Waals surface area contributed by atoms with Crippen LogP contribution >= 0.6 is 22.6 Å². The van der Waals surface area contributed by atoms with Gasteiger partial charge in [-0.3, -0.25) is 4.79 Å². The zero-order valence-corrected chi connectivity index (χ0v) is 16.8. The first-order valence-corrected chi connectivity index (χ1v) is 10.3. The molecule has 26 heavy (non-hydrogen) atoms. The third kappa shape index (κ3) is 4.29. The average molecular weight is 459 g/mol. The van der Waals surface area contributed by atoms with Crippen LogP contribution in [-0.2, 0) is 17.6 Å². The molecule has 1 saturated carbocycles. The van der Waals surface area contributed by atoms with Gasteiger partial charge < -0.3 is 9.73 Å². The lowest BCUT2D eigenvalue weighted by Gasteiger charge is -2.06. The Morgan fingerprint density at radius 2 is 1.96 bits per heavy atom. The van der Waals surface area contributed by atoms with Crippen molar-refractivity contribution < 1.29 is 9.21 Å². The number of hydrogen-bond donors (Lipinski definition) is 1. The second kappa shape index (κ2) is 7.82. The normalized spacial score (nSPS) is 13.9. The zero-order valence-electron chi connectivity index (χ0n) is 14.6. The summed E-state index contributed by atoms with van der Waals surface area (Å²) in [7, 11) is 0. The maximum absolute atomic E-state index is 12.0. The molecule has 1 aliphatic rings. The average Bonchev–Trinajstić information content (AvgIpc) is 3.38. The summed E-state index contributed by atoms with van der Waals surface area (Å²) < 4.78 is 7.37. The molecule has 1 aliphatic carbocycles. The van der Waals surface area contributed by atoms with Gasteiger partial charge in [-0.2, -0.15) is 0 Å². The summed E-state index contributed by atoms with van der Waals surface area (Å²) in [5.74, 6) is 1.81. The van der Waals surface area contributed by atoms with Crippen LogP contribution in [-0.4, -0.2) is 12.5 Å². The summed E-state index contributed by atoms with van der Waals surface area (Å²) in [6.07, 6.45) is 4.67. The van der Waals surface area contributed by atoms with E-state index in [1.54, 1.807) is 0 Å². The van der Waals surface area contributed by atoms with Crippen LogP contribution in [0.3, 0.4) is 0 Å². The van der Waals surface area contributed by atoms with Gasteiger partial charge in [-0.25, -0.2) is 0 Å². The van der Waals surface area contributed by atoms with Gasteiger partial charge in [-0.05, 0) is 71.5 Å². The fourth-order valence-electron chi connectivity index (χ4n) is 3.35. The Labute approximate surface area is 167 Å². The molecule has 4 heteroatoms. The Hall–Kier alpha value is -1.82. The number of benzene rings is 2. The lowest BCUT2D eigenvalue weighted by molar-refractivity contribution is -0.121. The minimum Gasteiger partial charge on any atom is -0.460 e. The molecule has 0 saturated heterocycles. The number of halogens is 1. The van der Waals surface area contributed by atoms with E-state index in [0.717, 1.165) is 24.2 Å². The second-order valence-corrected chi connectivity index (χ2v) is 8.30. The SMILES string of the molecule is O=C(CC1CC1)NCCc1c(Cc2ccccc2)oc2ccc(I)cc12. The lowest BCUT2D eigenvalue weighted by atomic mass is 10.0. The van der Waals surface area contributed by atoms with Crippen LogP contribution in [0.1, 0.15) is 36.1 Å². The standard InChI is InChI=1S/C22H22INO2/c23-17-8-9-20-19(14-17)18(10-11-24-22(25)13-16-6-7-16)21(26-20)12-15-4-2-1-3-5-15/h1-5,8-9,14,16H,6-7,10-13H2,(H,24,25). The van der Waals surface area contributed by atoms with Crippen molar-refractivity contribution in [2.24, 2.45) is 5.92 Å². The predicted molar refractivity (Wildman–Crippen MR) is 112 cm³/mol. The van der Waals surface area contributed by atoms with E-state index in [1.807, 2.05) is 12.1 Å². The molecule has 2 aromatic carbocycles. The molecule has 0 radical (unpaired) electrons. The molecule has 1 heterocycles. The highest BCUT2D eigenvalue weighted by atomic mass is 127. The molecule has 4 rings (SSSR count). The fourth-order valence-corrected chi connectivity index (χ4v) is 3.84. The number of fused-ring (bicyclic) bond motifs is 1. The molecule has 0 bridgehead atoms. The predicted octanol–water partition coefficient (Wildman–Crippen LogP) is 5.09. The van der Waals surface area contributed by atoms with Gasteiger partial charge in [0.15, 0.2) is 0 Å². The smallest absolute Gasteiger partial charge is 0.220 e. The summed E-state index contributed by atoms with van der Waals surface area (Å²) in [5, 5.41) is 4.25. The summed E-state index contributed by atoms with van der Waals surface area (Å²) >= 11 is 2.33. The van der Waals surface area contributed by atoms with Crippen LogP contribution in [0.2, 0.25) is 0 Å². The highest BCUT2D eigenvalue weighted by molar-refractivity contribution is 14.1. The van der Waals surface area contributed by atoms with Crippen molar-refractivity contribution in [3.8, 4) is 0 Å². The first kappa shape index (κ1) is 17.6. The van der Waals surface area contributed by atoms with E-state index in [9.17, 15) is 4.79 Å². The number of carbonyl (C=O) groups is 1. The largest absolute Gasteiger partial charge is 0.460 e. The van der Waals surface area contributed by atoms with E-state index in [1.165, 1.54) is 32.9 Å². The number of carbonyl (C=O) groups excluding carboxylic acids is 1. The summed E-state index contributed by atoms with van der Waals surface area (Å²) in [6.45, 7) is 0.660. The van der Waals surface area contributed by atoms with Crippen LogP contribution in [0.25, 0.3) is 11.0 Å². The molecule has 1 aromatic heterocycles. The summed E-state index contributed by atoms with van der Waals surface area (Å²) in [5.41, 5.74) is 3.38. The van der Waals surface area contributed by atoms with Crippen LogP contribution in [0.4, 0.5) is 0 Å². The molecule has 0 atom stereocenters. The van der Waals surface area contributed by atoms with Gasteiger partial charge in [0.05, 0.1) is 0 Å². The first-order chi connectivity index (χ1) is 12.7. The summed E-state index contributed by atoms with van der Waals surface area (Å²) in [6, 6.07) is 16.7. The third-order valence-electron chi connectivity index (χ3n) is 4.91. The Balaban J connectivity index is 1.54. The van der Waals surface area contributed by atoms with Crippen LogP contribution in [0, 0.1) is 9.49 Å². The topological polar surface area (TPSA) is 42.2 Å².